The lowest BCUT2D eigenvalue weighted by atomic mass is 10.2. The van der Waals surface area contributed by atoms with Crippen molar-refractivity contribution >= 4 is 6.09 Å². The Hall–Kier alpha value is -0.850. The largest absolute Gasteiger partial charge is 0.444 e. The molecule has 0 saturated carbocycles. The molecular weight excluding hydrogens is 270 g/mol. The molecule has 0 bridgehead atoms. The molecule has 0 aromatic rings. The molecule has 1 aliphatic heterocycles. The van der Waals surface area contributed by atoms with Crippen LogP contribution in [-0.4, -0.2) is 81.0 Å². The first-order valence-corrected chi connectivity index (χ1v) is 7.81. The van der Waals surface area contributed by atoms with Crippen LogP contribution >= 0.6 is 0 Å². The number of hydrogen-bond acceptors (Lipinski definition) is 5. The Labute approximate surface area is 128 Å². The molecule has 1 heterocycles. The maximum atomic E-state index is 11.6. The third kappa shape index (κ3) is 8.90. The van der Waals surface area contributed by atoms with Gasteiger partial charge in [-0.25, -0.2) is 4.79 Å². The maximum Gasteiger partial charge on any atom is 0.407 e. The van der Waals surface area contributed by atoms with Crippen molar-refractivity contribution in [3.05, 3.63) is 0 Å². The lowest BCUT2D eigenvalue weighted by Crippen LogP contribution is -2.39. The van der Waals surface area contributed by atoms with Gasteiger partial charge in [0, 0.05) is 39.8 Å². The fraction of sp³-hybridized carbons (Fsp3) is 0.933. The molecule has 0 atom stereocenters. The average Bonchev–Trinajstić information content (AvgIpc) is 2.60. The van der Waals surface area contributed by atoms with Crippen molar-refractivity contribution in [2.45, 2.75) is 32.8 Å². The van der Waals surface area contributed by atoms with E-state index in [0.29, 0.717) is 6.54 Å². The van der Waals surface area contributed by atoms with Gasteiger partial charge in [0.2, 0.25) is 0 Å². The van der Waals surface area contributed by atoms with Gasteiger partial charge in [0.1, 0.15) is 5.60 Å². The van der Waals surface area contributed by atoms with Gasteiger partial charge in [0.25, 0.3) is 0 Å². The molecule has 1 saturated heterocycles. The van der Waals surface area contributed by atoms with Gasteiger partial charge in [-0.2, -0.15) is 0 Å². The van der Waals surface area contributed by atoms with E-state index >= 15 is 0 Å². The quantitative estimate of drug-likeness (QED) is 0.798. The summed E-state index contributed by atoms with van der Waals surface area (Å²) in [5.41, 5.74) is -0.436. The third-order valence-electron chi connectivity index (χ3n) is 3.39. The van der Waals surface area contributed by atoms with Crippen LogP contribution in [0.5, 0.6) is 0 Å². The SMILES string of the molecule is COCCN1CCCN(CCNC(=O)OC(C)(C)C)CC1. The van der Waals surface area contributed by atoms with Crippen LogP contribution in [-0.2, 0) is 9.47 Å². The number of hydrogen-bond donors (Lipinski definition) is 1. The minimum absolute atomic E-state index is 0.334. The summed E-state index contributed by atoms with van der Waals surface area (Å²) in [6.45, 7) is 13.2. The molecule has 0 unspecified atom stereocenters. The van der Waals surface area contributed by atoms with E-state index in [2.05, 4.69) is 15.1 Å². The summed E-state index contributed by atoms with van der Waals surface area (Å²) in [6.07, 6.45) is 0.829. The number of amides is 1. The van der Waals surface area contributed by atoms with E-state index < -0.39 is 5.60 Å². The standard InChI is InChI=1S/C15H31N3O3/c1-15(2,3)21-14(19)16-6-9-17-7-5-8-18(11-10-17)12-13-20-4/h5-13H2,1-4H3,(H,16,19). The van der Waals surface area contributed by atoms with E-state index in [9.17, 15) is 4.79 Å². The molecule has 0 aromatic heterocycles. The molecule has 6 heteroatoms. The monoisotopic (exact) mass is 301 g/mol. The van der Waals surface area contributed by atoms with Gasteiger partial charge in [-0.15, -0.1) is 0 Å². The molecule has 0 aromatic carbocycles. The highest BCUT2D eigenvalue weighted by Gasteiger charge is 2.17. The second-order valence-electron chi connectivity index (χ2n) is 6.46. The number of nitrogens with zero attached hydrogens (tertiary/aromatic N) is 2. The molecule has 1 amide bonds. The summed E-state index contributed by atoms with van der Waals surface area (Å²) in [4.78, 5) is 16.4. The van der Waals surface area contributed by atoms with Crippen molar-refractivity contribution in [2.24, 2.45) is 0 Å². The number of nitrogens with one attached hydrogen (secondary N) is 1. The van der Waals surface area contributed by atoms with Gasteiger partial charge in [-0.05, 0) is 40.3 Å². The zero-order valence-electron chi connectivity index (χ0n) is 14.0. The fourth-order valence-corrected chi connectivity index (χ4v) is 2.32. The van der Waals surface area contributed by atoms with Gasteiger partial charge >= 0.3 is 6.09 Å². The number of methoxy groups -OCH3 is 1. The van der Waals surface area contributed by atoms with E-state index in [1.54, 1.807) is 7.11 Å². The number of carbonyl (C=O) groups excluding carboxylic acids is 1. The highest BCUT2D eigenvalue weighted by Crippen LogP contribution is 2.06. The molecular formula is C15H31N3O3. The smallest absolute Gasteiger partial charge is 0.407 e. The van der Waals surface area contributed by atoms with Crippen LogP contribution in [0.15, 0.2) is 0 Å². The van der Waals surface area contributed by atoms with Crippen LogP contribution in [0.2, 0.25) is 0 Å². The zero-order valence-corrected chi connectivity index (χ0v) is 14.0. The summed E-state index contributed by atoms with van der Waals surface area (Å²) < 4.78 is 10.3. The van der Waals surface area contributed by atoms with Crippen molar-refractivity contribution in [2.75, 3.05) is 59.5 Å². The first kappa shape index (κ1) is 18.2. The first-order chi connectivity index (χ1) is 9.90. The molecule has 124 valence electrons. The van der Waals surface area contributed by atoms with E-state index in [1.807, 2.05) is 20.8 Å². The van der Waals surface area contributed by atoms with Crippen LogP contribution < -0.4 is 5.32 Å². The van der Waals surface area contributed by atoms with Gasteiger partial charge < -0.3 is 19.7 Å². The lowest BCUT2D eigenvalue weighted by molar-refractivity contribution is 0.0522. The van der Waals surface area contributed by atoms with Gasteiger partial charge in [0.05, 0.1) is 6.61 Å². The second-order valence-corrected chi connectivity index (χ2v) is 6.46. The normalized spacial score (nSPS) is 18.3. The summed E-state index contributed by atoms with van der Waals surface area (Å²) >= 11 is 0. The molecule has 1 fully saturated rings. The zero-order chi connectivity index (χ0) is 15.7. The minimum Gasteiger partial charge on any atom is -0.444 e. The van der Waals surface area contributed by atoms with E-state index in [4.69, 9.17) is 9.47 Å². The summed E-state index contributed by atoms with van der Waals surface area (Å²) in [5, 5.41) is 2.82. The Morgan fingerprint density at radius 3 is 2.29 bits per heavy atom. The topological polar surface area (TPSA) is 54.0 Å². The molecule has 1 rings (SSSR count). The number of ether oxygens (including phenoxy) is 2. The summed E-state index contributed by atoms with van der Waals surface area (Å²) in [7, 11) is 1.74. The molecule has 0 radical (unpaired) electrons. The van der Waals surface area contributed by atoms with Crippen molar-refractivity contribution in [1.29, 1.82) is 0 Å². The summed E-state index contributed by atoms with van der Waals surface area (Å²) in [6, 6.07) is 0. The van der Waals surface area contributed by atoms with Crippen molar-refractivity contribution in [1.82, 2.24) is 15.1 Å². The molecule has 1 N–H and O–H groups in total. The summed E-state index contributed by atoms with van der Waals surface area (Å²) in [5.74, 6) is 0. The predicted molar refractivity (Wildman–Crippen MR) is 83.6 cm³/mol. The number of alkyl carbamates (subject to hydrolysis) is 1. The van der Waals surface area contributed by atoms with E-state index in [0.717, 1.165) is 52.3 Å². The number of rotatable bonds is 6. The Kier molecular flexibility index (Phi) is 8.00. The average molecular weight is 301 g/mol. The molecule has 21 heavy (non-hydrogen) atoms. The van der Waals surface area contributed by atoms with Crippen LogP contribution in [0.1, 0.15) is 27.2 Å². The molecule has 1 aliphatic rings. The van der Waals surface area contributed by atoms with Crippen molar-refractivity contribution in [3.63, 3.8) is 0 Å². The fourth-order valence-electron chi connectivity index (χ4n) is 2.32. The van der Waals surface area contributed by atoms with E-state index in [1.165, 1.54) is 0 Å². The van der Waals surface area contributed by atoms with Crippen molar-refractivity contribution < 1.29 is 14.3 Å². The third-order valence-corrected chi connectivity index (χ3v) is 3.39. The highest BCUT2D eigenvalue weighted by molar-refractivity contribution is 5.67. The Morgan fingerprint density at radius 2 is 1.71 bits per heavy atom. The minimum atomic E-state index is -0.436. The highest BCUT2D eigenvalue weighted by atomic mass is 16.6. The van der Waals surface area contributed by atoms with Gasteiger partial charge in [-0.1, -0.05) is 0 Å². The number of carbonyl (C=O) groups is 1. The Balaban J connectivity index is 2.17. The van der Waals surface area contributed by atoms with Gasteiger partial charge in [-0.3, -0.25) is 4.90 Å². The molecule has 0 spiro atoms. The molecule has 6 nitrogen and oxygen atoms in total. The Bertz CT molecular complexity index is 305. The Morgan fingerprint density at radius 1 is 1.10 bits per heavy atom. The van der Waals surface area contributed by atoms with Crippen LogP contribution in [0.3, 0.4) is 0 Å². The van der Waals surface area contributed by atoms with E-state index in [-0.39, 0.29) is 6.09 Å². The first-order valence-electron chi connectivity index (χ1n) is 7.81. The van der Waals surface area contributed by atoms with Crippen LogP contribution in [0.4, 0.5) is 4.79 Å². The van der Waals surface area contributed by atoms with Crippen LogP contribution in [0.25, 0.3) is 0 Å². The molecule has 0 aliphatic carbocycles. The lowest BCUT2D eigenvalue weighted by Gasteiger charge is -2.23. The van der Waals surface area contributed by atoms with Crippen molar-refractivity contribution in [3.8, 4) is 0 Å². The van der Waals surface area contributed by atoms with Gasteiger partial charge in [0.15, 0.2) is 0 Å². The maximum absolute atomic E-state index is 11.6. The second kappa shape index (κ2) is 9.23. The van der Waals surface area contributed by atoms with Crippen LogP contribution in [0, 0.1) is 0 Å². The predicted octanol–water partition coefficient (Wildman–Crippen LogP) is 1.17.